The van der Waals surface area contributed by atoms with Crippen molar-refractivity contribution < 1.29 is 19.8 Å². The number of aliphatic carboxylic acids is 1. The van der Waals surface area contributed by atoms with Gasteiger partial charge < -0.3 is 21.3 Å². The molecule has 6 heteroatoms. The van der Waals surface area contributed by atoms with Gasteiger partial charge in [0.05, 0.1) is 12.1 Å². The van der Waals surface area contributed by atoms with E-state index in [4.69, 9.17) is 10.8 Å². The molecule has 15 heavy (non-hydrogen) atoms. The summed E-state index contributed by atoms with van der Waals surface area (Å²) in [7, 11) is 0. The third-order valence-corrected chi connectivity index (χ3v) is 2.30. The highest BCUT2D eigenvalue weighted by atomic mass is 16.4. The summed E-state index contributed by atoms with van der Waals surface area (Å²) in [4.78, 5) is 21.5. The van der Waals surface area contributed by atoms with Gasteiger partial charge in [0.15, 0.2) is 0 Å². The molecule has 1 rings (SSSR count). The number of aliphatic hydroxyl groups is 1. The molecule has 1 aliphatic rings. The third-order valence-electron chi connectivity index (χ3n) is 2.30. The molecule has 0 aromatic heterocycles. The summed E-state index contributed by atoms with van der Waals surface area (Å²) in [5.74, 6) is -1.40. The van der Waals surface area contributed by atoms with Gasteiger partial charge in [0.1, 0.15) is 0 Å². The minimum Gasteiger partial charge on any atom is -0.478 e. The first-order valence-electron chi connectivity index (χ1n) is 4.56. The van der Waals surface area contributed by atoms with Crippen LogP contribution in [0.5, 0.6) is 0 Å². The Morgan fingerprint density at radius 3 is 2.60 bits per heavy atom. The highest BCUT2D eigenvalue weighted by molar-refractivity contribution is 5.87. The summed E-state index contributed by atoms with van der Waals surface area (Å²) in [5.41, 5.74) is 5.75. The van der Waals surface area contributed by atoms with Crippen LogP contribution in [0.25, 0.3) is 0 Å². The van der Waals surface area contributed by atoms with Crippen molar-refractivity contribution in [2.24, 2.45) is 5.73 Å². The lowest BCUT2D eigenvalue weighted by Gasteiger charge is -2.31. The number of hydrogen-bond donors (Lipinski definition) is 4. The van der Waals surface area contributed by atoms with Crippen molar-refractivity contribution in [2.75, 3.05) is 0 Å². The number of amides is 1. The number of carboxylic acid groups (broad SMARTS) is 1. The van der Waals surface area contributed by atoms with Crippen LogP contribution in [0.2, 0.25) is 0 Å². The van der Waals surface area contributed by atoms with Gasteiger partial charge in [-0.3, -0.25) is 4.79 Å². The number of carboxylic acids is 1. The second-order valence-corrected chi connectivity index (χ2v) is 3.58. The highest BCUT2D eigenvalue weighted by Gasteiger charge is 2.32. The van der Waals surface area contributed by atoms with E-state index in [0.29, 0.717) is 0 Å². The molecule has 0 radical (unpaired) electrons. The number of hydrogen-bond acceptors (Lipinski definition) is 4. The molecule has 0 heterocycles. The van der Waals surface area contributed by atoms with Gasteiger partial charge in [-0.15, -0.1) is 0 Å². The van der Waals surface area contributed by atoms with E-state index in [1.165, 1.54) is 13.0 Å². The molecule has 0 aromatic carbocycles. The number of carbonyl (C=O) groups excluding carboxylic acids is 1. The molecule has 1 aliphatic carbocycles. The number of nitrogens with two attached hydrogens (primary N) is 1. The van der Waals surface area contributed by atoms with Gasteiger partial charge in [-0.25, -0.2) is 4.79 Å². The highest BCUT2D eigenvalue weighted by Crippen LogP contribution is 2.18. The van der Waals surface area contributed by atoms with E-state index < -0.39 is 24.2 Å². The zero-order valence-electron chi connectivity index (χ0n) is 8.30. The molecule has 0 aliphatic heterocycles. The molecule has 0 saturated heterocycles. The van der Waals surface area contributed by atoms with Gasteiger partial charge in [0.2, 0.25) is 5.91 Å². The monoisotopic (exact) mass is 214 g/mol. The summed E-state index contributed by atoms with van der Waals surface area (Å²) in [6, 6.07) is -1.20. The lowest BCUT2D eigenvalue weighted by molar-refractivity contribution is -0.133. The van der Waals surface area contributed by atoms with Crippen molar-refractivity contribution in [2.45, 2.75) is 31.5 Å². The van der Waals surface area contributed by atoms with Crippen LogP contribution in [0.1, 0.15) is 13.3 Å². The van der Waals surface area contributed by atoms with Crippen LogP contribution in [0.15, 0.2) is 11.6 Å². The Kier molecular flexibility index (Phi) is 3.43. The van der Waals surface area contributed by atoms with E-state index in [2.05, 4.69) is 5.32 Å². The first kappa shape index (κ1) is 11.7. The zero-order valence-corrected chi connectivity index (χ0v) is 8.30. The smallest absolute Gasteiger partial charge is 0.331 e. The third kappa shape index (κ3) is 2.77. The summed E-state index contributed by atoms with van der Waals surface area (Å²) in [6.07, 6.45) is 0.299. The first-order chi connectivity index (χ1) is 6.91. The largest absolute Gasteiger partial charge is 0.478 e. The molecular weight excluding hydrogens is 200 g/mol. The SMILES string of the molecule is CC(=O)N[C@H]1[C@H](N)CC(C(=O)O)=C[C@@H]1O. The van der Waals surface area contributed by atoms with E-state index in [-0.39, 0.29) is 17.9 Å². The molecule has 0 fully saturated rings. The quantitative estimate of drug-likeness (QED) is 0.451. The van der Waals surface area contributed by atoms with E-state index in [9.17, 15) is 14.7 Å². The minimum atomic E-state index is -1.09. The van der Waals surface area contributed by atoms with Gasteiger partial charge in [0, 0.05) is 18.5 Å². The maximum Gasteiger partial charge on any atom is 0.331 e. The predicted molar refractivity (Wildman–Crippen MR) is 51.9 cm³/mol. The van der Waals surface area contributed by atoms with Gasteiger partial charge in [0.25, 0.3) is 0 Å². The van der Waals surface area contributed by atoms with Crippen molar-refractivity contribution in [3.8, 4) is 0 Å². The van der Waals surface area contributed by atoms with Crippen LogP contribution in [0.4, 0.5) is 0 Å². The maximum atomic E-state index is 10.8. The van der Waals surface area contributed by atoms with E-state index in [0.717, 1.165) is 0 Å². The lowest BCUT2D eigenvalue weighted by atomic mass is 9.88. The second kappa shape index (κ2) is 4.41. The molecule has 0 bridgehead atoms. The van der Waals surface area contributed by atoms with Gasteiger partial charge in [-0.05, 0) is 12.5 Å². The van der Waals surface area contributed by atoms with Crippen LogP contribution >= 0.6 is 0 Å². The Morgan fingerprint density at radius 1 is 1.60 bits per heavy atom. The normalized spacial score (nSPS) is 30.6. The van der Waals surface area contributed by atoms with E-state index in [1.807, 2.05) is 0 Å². The second-order valence-electron chi connectivity index (χ2n) is 3.58. The molecule has 0 spiro atoms. The fourth-order valence-corrected chi connectivity index (χ4v) is 1.60. The molecule has 5 N–H and O–H groups in total. The summed E-state index contributed by atoms with van der Waals surface area (Å²) < 4.78 is 0. The molecule has 0 aromatic rings. The van der Waals surface area contributed by atoms with Gasteiger partial charge >= 0.3 is 5.97 Å². The number of nitrogens with one attached hydrogen (secondary N) is 1. The van der Waals surface area contributed by atoms with Crippen molar-refractivity contribution in [3.05, 3.63) is 11.6 Å². The van der Waals surface area contributed by atoms with Crippen molar-refractivity contribution in [1.29, 1.82) is 0 Å². The number of rotatable bonds is 2. The Bertz CT molecular complexity index is 313. The molecule has 3 atom stereocenters. The van der Waals surface area contributed by atoms with Crippen LogP contribution in [-0.2, 0) is 9.59 Å². The van der Waals surface area contributed by atoms with Gasteiger partial charge in [-0.1, -0.05) is 0 Å². The van der Waals surface area contributed by atoms with Crippen molar-refractivity contribution in [1.82, 2.24) is 5.32 Å². The average molecular weight is 214 g/mol. The summed E-state index contributed by atoms with van der Waals surface area (Å²) >= 11 is 0. The van der Waals surface area contributed by atoms with E-state index >= 15 is 0 Å². The molecule has 6 nitrogen and oxygen atoms in total. The predicted octanol–water partition coefficient (Wildman–Crippen LogP) is -1.41. The van der Waals surface area contributed by atoms with Gasteiger partial charge in [-0.2, -0.15) is 0 Å². The van der Waals surface area contributed by atoms with Crippen LogP contribution in [0.3, 0.4) is 0 Å². The Balaban J connectivity index is 2.80. The maximum absolute atomic E-state index is 10.8. The van der Waals surface area contributed by atoms with Crippen LogP contribution in [0, 0.1) is 0 Å². The molecule has 0 saturated carbocycles. The van der Waals surface area contributed by atoms with E-state index in [1.54, 1.807) is 0 Å². The fraction of sp³-hybridized carbons (Fsp3) is 0.556. The molecule has 0 unspecified atom stereocenters. The average Bonchev–Trinajstić information content (AvgIpc) is 2.10. The topological polar surface area (TPSA) is 113 Å². The number of aliphatic hydroxyl groups excluding tert-OH is 1. The zero-order chi connectivity index (χ0) is 11.6. The Morgan fingerprint density at radius 2 is 2.20 bits per heavy atom. The fourth-order valence-electron chi connectivity index (χ4n) is 1.60. The van der Waals surface area contributed by atoms with Crippen molar-refractivity contribution in [3.63, 3.8) is 0 Å². The van der Waals surface area contributed by atoms with Crippen LogP contribution in [-0.4, -0.2) is 40.3 Å². The molecule has 1 amide bonds. The first-order valence-corrected chi connectivity index (χ1v) is 4.56. The number of carbonyl (C=O) groups is 2. The molecule has 84 valence electrons. The molecular formula is C9H14N2O4. The minimum absolute atomic E-state index is 0.0802. The Labute approximate surface area is 86.8 Å². The summed E-state index contributed by atoms with van der Waals surface area (Å²) in [5, 5.41) is 20.8. The Hall–Kier alpha value is -1.40. The summed E-state index contributed by atoms with van der Waals surface area (Å²) in [6.45, 7) is 1.32. The standard InChI is InChI=1S/C9H14N2O4/c1-4(12)11-8-6(10)2-5(9(14)15)3-7(8)13/h3,6-8,13H,2,10H2,1H3,(H,11,12)(H,14,15)/t6-,7+,8+/m1/s1. The lowest BCUT2D eigenvalue weighted by Crippen LogP contribution is -2.55. The van der Waals surface area contributed by atoms with Crippen LogP contribution < -0.4 is 11.1 Å². The van der Waals surface area contributed by atoms with Crippen molar-refractivity contribution >= 4 is 11.9 Å².